The molecule has 0 unspecified atom stereocenters. The summed E-state index contributed by atoms with van der Waals surface area (Å²) in [5, 5.41) is 0. The first-order valence-corrected chi connectivity index (χ1v) is 23.0. The van der Waals surface area contributed by atoms with Crippen LogP contribution in [0.3, 0.4) is 0 Å². The molecule has 0 bridgehead atoms. The summed E-state index contributed by atoms with van der Waals surface area (Å²) < 4.78 is 67.2. The standard InChI is InChI=1S/C56H62O10/c1-41-50(59-34-43-23-11-4-12-24-43)51(60-35-44-25-13-5-14-26-44)48(39-58-33-42-21-9-3-10-22-42)65-55(41)64-40-49-52(61-36-45-27-15-6-16-28-45)53(62-37-46-29-17-7-18-30-46)54(56(57-2)66-49)63-38-47-31-19-8-20-32-47/h3-32,41,48-56H,33-40H2,1-2H3/t41-,48+,49+,50+,51+,52+,53-,54+,55-,56-/m0/s1. The van der Waals surface area contributed by atoms with Gasteiger partial charge in [-0.3, -0.25) is 0 Å². The molecule has 0 aliphatic carbocycles. The Balaban J connectivity index is 1.07. The minimum atomic E-state index is -0.804. The highest BCUT2D eigenvalue weighted by molar-refractivity contribution is 5.18. The van der Waals surface area contributed by atoms with Crippen LogP contribution in [0.1, 0.15) is 40.3 Å². The fraction of sp³-hybridized carbons (Fsp3) is 0.357. The van der Waals surface area contributed by atoms with Crippen LogP contribution in [0.15, 0.2) is 182 Å². The first-order valence-electron chi connectivity index (χ1n) is 23.0. The van der Waals surface area contributed by atoms with E-state index in [-0.39, 0.29) is 19.1 Å². The maximum absolute atomic E-state index is 6.93. The highest BCUT2D eigenvalue weighted by Crippen LogP contribution is 2.35. The minimum absolute atomic E-state index is 0.0868. The molecule has 0 spiro atoms. The average molecular weight is 895 g/mol. The second-order valence-electron chi connectivity index (χ2n) is 16.8. The van der Waals surface area contributed by atoms with Crippen molar-refractivity contribution in [2.24, 2.45) is 5.92 Å². The van der Waals surface area contributed by atoms with E-state index >= 15 is 0 Å². The zero-order valence-corrected chi connectivity index (χ0v) is 37.8. The Hall–Kier alpha value is -5.08. The maximum Gasteiger partial charge on any atom is 0.186 e. The summed E-state index contributed by atoms with van der Waals surface area (Å²) in [5.74, 6) is -0.280. The summed E-state index contributed by atoms with van der Waals surface area (Å²) in [6, 6.07) is 60.6. The van der Waals surface area contributed by atoms with Crippen LogP contribution in [0.2, 0.25) is 0 Å². The molecular formula is C56H62O10. The van der Waals surface area contributed by atoms with E-state index in [2.05, 4.69) is 31.2 Å². The maximum atomic E-state index is 6.93. The minimum Gasteiger partial charge on any atom is -0.374 e. The van der Waals surface area contributed by atoms with Crippen LogP contribution >= 0.6 is 0 Å². The molecule has 0 saturated carbocycles. The average Bonchev–Trinajstić information content (AvgIpc) is 3.37. The zero-order valence-electron chi connectivity index (χ0n) is 37.8. The van der Waals surface area contributed by atoms with Crippen molar-refractivity contribution in [2.45, 2.75) is 102 Å². The van der Waals surface area contributed by atoms with E-state index < -0.39 is 55.3 Å². The van der Waals surface area contributed by atoms with Crippen LogP contribution in [0.5, 0.6) is 0 Å². The van der Waals surface area contributed by atoms with Crippen LogP contribution in [0, 0.1) is 5.92 Å². The molecule has 6 aromatic rings. The van der Waals surface area contributed by atoms with Crippen molar-refractivity contribution in [3.05, 3.63) is 215 Å². The quantitative estimate of drug-likeness (QED) is 0.0619. The van der Waals surface area contributed by atoms with Gasteiger partial charge in [0.2, 0.25) is 0 Å². The highest BCUT2D eigenvalue weighted by atomic mass is 16.7. The van der Waals surface area contributed by atoms with E-state index in [9.17, 15) is 0 Å². The topological polar surface area (TPSA) is 92.3 Å². The second kappa shape index (κ2) is 25.2. The Kier molecular flexibility index (Phi) is 18.1. The number of hydrogen-bond acceptors (Lipinski definition) is 10. The number of hydrogen-bond donors (Lipinski definition) is 0. The van der Waals surface area contributed by atoms with Crippen LogP contribution in [0.25, 0.3) is 0 Å². The van der Waals surface area contributed by atoms with Crippen LogP contribution in [-0.2, 0) is 87.0 Å². The smallest absolute Gasteiger partial charge is 0.186 e. The predicted octanol–water partition coefficient (Wildman–Crippen LogP) is 9.88. The number of ether oxygens (including phenoxy) is 10. The van der Waals surface area contributed by atoms with Crippen molar-refractivity contribution in [1.82, 2.24) is 0 Å². The third-order valence-corrected chi connectivity index (χ3v) is 12.0. The fourth-order valence-corrected chi connectivity index (χ4v) is 8.47. The molecule has 2 saturated heterocycles. The summed E-state index contributed by atoms with van der Waals surface area (Å²) >= 11 is 0. The molecule has 10 nitrogen and oxygen atoms in total. The molecule has 0 amide bonds. The van der Waals surface area contributed by atoms with Gasteiger partial charge in [0.1, 0.15) is 36.6 Å². The second-order valence-corrected chi connectivity index (χ2v) is 16.8. The number of rotatable bonds is 23. The number of benzene rings is 6. The Morgan fingerprint density at radius 1 is 0.333 bits per heavy atom. The van der Waals surface area contributed by atoms with Crippen molar-refractivity contribution < 1.29 is 47.4 Å². The third-order valence-electron chi connectivity index (χ3n) is 12.0. The fourth-order valence-electron chi connectivity index (χ4n) is 8.47. The lowest BCUT2D eigenvalue weighted by molar-refractivity contribution is -0.340. The monoisotopic (exact) mass is 894 g/mol. The normalized spacial score (nSPS) is 25.4. The lowest BCUT2D eigenvalue weighted by atomic mass is 9.91. The first kappa shape index (κ1) is 47.4. The molecule has 2 aliphatic rings. The van der Waals surface area contributed by atoms with Gasteiger partial charge in [-0.2, -0.15) is 0 Å². The van der Waals surface area contributed by atoms with Crippen molar-refractivity contribution in [3.63, 3.8) is 0 Å². The SMILES string of the molecule is CO[C@H]1O[C@H](CO[C@H]2O[C@H](COCc3ccccc3)[C@@H](OCc3ccccc3)[C@H](OCc3ccccc3)[C@@H]2C)[C@@H](OCc2ccccc2)[C@H](OCc2ccccc2)[C@H]1OCc1ccccc1. The van der Waals surface area contributed by atoms with Crippen LogP contribution in [-0.4, -0.2) is 75.6 Å². The van der Waals surface area contributed by atoms with E-state index in [4.69, 9.17) is 47.4 Å². The summed E-state index contributed by atoms with van der Waals surface area (Å²) in [5.41, 5.74) is 6.21. The van der Waals surface area contributed by atoms with Gasteiger partial charge in [-0.05, 0) is 33.4 Å². The first-order chi connectivity index (χ1) is 32.6. The number of methoxy groups -OCH3 is 1. The molecule has 2 aliphatic heterocycles. The van der Waals surface area contributed by atoms with Crippen LogP contribution < -0.4 is 0 Å². The third kappa shape index (κ3) is 13.5. The molecule has 66 heavy (non-hydrogen) atoms. The molecule has 0 aromatic heterocycles. The largest absolute Gasteiger partial charge is 0.374 e. The Bertz CT molecular complexity index is 2220. The molecular weight excluding hydrogens is 833 g/mol. The molecule has 0 N–H and O–H groups in total. The molecule has 6 aromatic carbocycles. The van der Waals surface area contributed by atoms with Crippen molar-refractivity contribution in [3.8, 4) is 0 Å². The zero-order chi connectivity index (χ0) is 45.2. The van der Waals surface area contributed by atoms with Crippen molar-refractivity contribution in [1.29, 1.82) is 0 Å². The van der Waals surface area contributed by atoms with Gasteiger partial charge in [0.25, 0.3) is 0 Å². The highest BCUT2D eigenvalue weighted by Gasteiger charge is 2.51. The van der Waals surface area contributed by atoms with Gasteiger partial charge in [0.05, 0.1) is 59.0 Å². The molecule has 346 valence electrons. The summed E-state index contributed by atoms with van der Waals surface area (Å²) in [4.78, 5) is 0. The molecule has 0 radical (unpaired) electrons. The van der Waals surface area contributed by atoms with E-state index in [1.165, 1.54) is 0 Å². The lowest BCUT2D eigenvalue weighted by Gasteiger charge is -2.47. The lowest BCUT2D eigenvalue weighted by Crippen LogP contribution is -2.62. The van der Waals surface area contributed by atoms with E-state index in [1.54, 1.807) is 7.11 Å². The Labute approximate surface area is 389 Å². The van der Waals surface area contributed by atoms with Gasteiger partial charge in [0.15, 0.2) is 12.6 Å². The van der Waals surface area contributed by atoms with Crippen molar-refractivity contribution in [2.75, 3.05) is 20.3 Å². The Morgan fingerprint density at radius 2 is 0.652 bits per heavy atom. The molecule has 10 atom stereocenters. The van der Waals surface area contributed by atoms with Crippen LogP contribution in [0.4, 0.5) is 0 Å². The van der Waals surface area contributed by atoms with Gasteiger partial charge >= 0.3 is 0 Å². The summed E-state index contributed by atoms with van der Waals surface area (Å²) in [6.45, 7) is 4.55. The summed E-state index contributed by atoms with van der Waals surface area (Å²) in [6.07, 6.45) is -5.56. The predicted molar refractivity (Wildman–Crippen MR) is 251 cm³/mol. The Morgan fingerprint density at radius 3 is 1.06 bits per heavy atom. The van der Waals surface area contributed by atoms with Gasteiger partial charge < -0.3 is 47.4 Å². The van der Waals surface area contributed by atoms with E-state index in [0.29, 0.717) is 39.6 Å². The molecule has 2 heterocycles. The van der Waals surface area contributed by atoms with Crippen molar-refractivity contribution >= 4 is 0 Å². The molecule has 2 fully saturated rings. The van der Waals surface area contributed by atoms with Gasteiger partial charge in [0, 0.05) is 13.0 Å². The van der Waals surface area contributed by atoms with Gasteiger partial charge in [-0.15, -0.1) is 0 Å². The van der Waals surface area contributed by atoms with Gasteiger partial charge in [-0.1, -0.05) is 189 Å². The molecule has 10 heteroatoms. The van der Waals surface area contributed by atoms with E-state index in [0.717, 1.165) is 33.4 Å². The summed E-state index contributed by atoms with van der Waals surface area (Å²) in [7, 11) is 1.62. The molecule has 8 rings (SSSR count). The van der Waals surface area contributed by atoms with E-state index in [1.807, 2.05) is 158 Å². The van der Waals surface area contributed by atoms with Gasteiger partial charge in [-0.25, -0.2) is 0 Å².